The van der Waals surface area contributed by atoms with Gasteiger partial charge in [-0.05, 0) is 25.0 Å². The Bertz CT molecular complexity index is 1120. The van der Waals surface area contributed by atoms with Crippen LogP contribution in [-0.4, -0.2) is 42.8 Å². The van der Waals surface area contributed by atoms with Crippen molar-refractivity contribution in [3.63, 3.8) is 0 Å². The Morgan fingerprint density at radius 1 is 1.24 bits per heavy atom. The van der Waals surface area contributed by atoms with Crippen molar-refractivity contribution in [2.45, 2.75) is 31.3 Å². The third-order valence-corrected chi connectivity index (χ3v) is 6.09. The molecule has 2 atom stereocenters. The van der Waals surface area contributed by atoms with Gasteiger partial charge in [-0.2, -0.15) is 10.2 Å². The van der Waals surface area contributed by atoms with E-state index in [0.717, 1.165) is 16.8 Å². The first-order valence-electron chi connectivity index (χ1n) is 9.77. The van der Waals surface area contributed by atoms with Gasteiger partial charge in [-0.25, -0.2) is 0 Å². The third-order valence-electron chi connectivity index (χ3n) is 6.09. The van der Waals surface area contributed by atoms with Crippen molar-refractivity contribution in [1.82, 2.24) is 24.5 Å². The number of hydrogen-bond acceptors (Lipinski definition) is 4. The van der Waals surface area contributed by atoms with Gasteiger partial charge in [-0.1, -0.05) is 18.2 Å². The number of carbonyl (C=O) groups is 2. The second kappa shape index (κ2) is 6.30. The standard InChI is InChI=1S/C21H22N6O2/c1-3-26-13-15(11-23-26)19(28)27-9-8-21(18(27)14-10-22-25(2)12-14)16-6-4-5-7-17(16)24-20(21)29/h4-7,10-13,18H,3,8-9H2,1-2H3,(H,24,29)/t18-,21+/m0/s1. The van der Waals surface area contributed by atoms with E-state index in [0.29, 0.717) is 25.1 Å². The average Bonchev–Trinajstić information content (AvgIpc) is 3.49. The smallest absolute Gasteiger partial charge is 0.257 e. The number of benzene rings is 1. The summed E-state index contributed by atoms with van der Waals surface area (Å²) in [7, 11) is 1.84. The lowest BCUT2D eigenvalue weighted by atomic mass is 9.73. The molecule has 0 bridgehead atoms. The van der Waals surface area contributed by atoms with Gasteiger partial charge in [0, 0.05) is 43.8 Å². The molecule has 2 aromatic heterocycles. The first-order chi connectivity index (χ1) is 14.0. The minimum atomic E-state index is -0.823. The second-order valence-corrected chi connectivity index (χ2v) is 7.65. The molecule has 29 heavy (non-hydrogen) atoms. The van der Waals surface area contributed by atoms with Crippen LogP contribution in [0.25, 0.3) is 0 Å². The van der Waals surface area contributed by atoms with E-state index in [-0.39, 0.29) is 11.8 Å². The van der Waals surface area contributed by atoms with Crippen LogP contribution < -0.4 is 5.32 Å². The van der Waals surface area contributed by atoms with E-state index in [1.165, 1.54) is 0 Å². The van der Waals surface area contributed by atoms with Crippen LogP contribution in [0, 0.1) is 0 Å². The molecule has 1 N–H and O–H groups in total. The van der Waals surface area contributed by atoms with Gasteiger partial charge in [0.1, 0.15) is 5.41 Å². The summed E-state index contributed by atoms with van der Waals surface area (Å²) in [5, 5.41) is 11.6. The summed E-state index contributed by atoms with van der Waals surface area (Å²) in [6, 6.07) is 7.32. The number of rotatable bonds is 3. The largest absolute Gasteiger partial charge is 0.330 e. The maximum Gasteiger partial charge on any atom is 0.257 e. The van der Waals surface area contributed by atoms with E-state index < -0.39 is 11.5 Å². The number of para-hydroxylation sites is 1. The summed E-state index contributed by atoms with van der Waals surface area (Å²) >= 11 is 0. The monoisotopic (exact) mass is 390 g/mol. The summed E-state index contributed by atoms with van der Waals surface area (Å²) in [6.45, 7) is 3.15. The highest BCUT2D eigenvalue weighted by Crippen LogP contribution is 2.54. The molecule has 1 fully saturated rings. The van der Waals surface area contributed by atoms with Crippen LogP contribution in [-0.2, 0) is 23.8 Å². The second-order valence-electron chi connectivity index (χ2n) is 7.65. The molecule has 0 unspecified atom stereocenters. The van der Waals surface area contributed by atoms with E-state index in [4.69, 9.17) is 0 Å². The summed E-state index contributed by atoms with van der Waals surface area (Å²) < 4.78 is 3.44. The number of anilines is 1. The Morgan fingerprint density at radius 3 is 2.79 bits per heavy atom. The van der Waals surface area contributed by atoms with Crippen molar-refractivity contribution in [2.24, 2.45) is 7.05 Å². The lowest BCUT2D eigenvalue weighted by Crippen LogP contribution is -2.42. The fourth-order valence-electron chi connectivity index (χ4n) is 4.76. The minimum Gasteiger partial charge on any atom is -0.330 e. The maximum absolute atomic E-state index is 13.4. The first kappa shape index (κ1) is 17.7. The van der Waals surface area contributed by atoms with Crippen molar-refractivity contribution >= 4 is 17.5 Å². The van der Waals surface area contributed by atoms with Crippen LogP contribution in [0.15, 0.2) is 49.1 Å². The van der Waals surface area contributed by atoms with Crippen LogP contribution in [0.3, 0.4) is 0 Å². The number of amides is 2. The lowest BCUT2D eigenvalue weighted by Gasteiger charge is -2.33. The quantitative estimate of drug-likeness (QED) is 0.742. The molecule has 0 radical (unpaired) electrons. The molecule has 2 aliphatic heterocycles. The number of likely N-dealkylation sites (tertiary alicyclic amines) is 1. The molecule has 8 heteroatoms. The van der Waals surface area contributed by atoms with Crippen LogP contribution >= 0.6 is 0 Å². The molecule has 1 saturated heterocycles. The zero-order chi connectivity index (χ0) is 20.2. The molecule has 148 valence electrons. The number of aromatic nitrogens is 4. The molecule has 0 saturated carbocycles. The Labute approximate surface area is 168 Å². The van der Waals surface area contributed by atoms with Crippen molar-refractivity contribution in [1.29, 1.82) is 0 Å². The van der Waals surface area contributed by atoms with Crippen molar-refractivity contribution in [3.05, 3.63) is 65.7 Å². The molecule has 1 aromatic carbocycles. The van der Waals surface area contributed by atoms with Crippen LogP contribution in [0.4, 0.5) is 5.69 Å². The van der Waals surface area contributed by atoms with Gasteiger partial charge in [0.25, 0.3) is 5.91 Å². The summed E-state index contributed by atoms with van der Waals surface area (Å²) in [5.74, 6) is -0.181. The van der Waals surface area contributed by atoms with Gasteiger partial charge in [0.05, 0.1) is 24.0 Å². The predicted molar refractivity (Wildman–Crippen MR) is 106 cm³/mol. The molecule has 3 aromatic rings. The molecule has 1 spiro atoms. The molecular formula is C21H22N6O2. The molecule has 8 nitrogen and oxygen atoms in total. The Balaban J connectivity index is 1.64. The molecule has 0 aliphatic carbocycles. The highest BCUT2D eigenvalue weighted by atomic mass is 16.2. The third kappa shape index (κ3) is 2.45. The summed E-state index contributed by atoms with van der Waals surface area (Å²) in [6.07, 6.45) is 7.56. The van der Waals surface area contributed by atoms with Crippen molar-refractivity contribution < 1.29 is 9.59 Å². The van der Waals surface area contributed by atoms with Crippen molar-refractivity contribution in [3.8, 4) is 0 Å². The Kier molecular flexibility index (Phi) is 3.84. The fraction of sp³-hybridized carbons (Fsp3) is 0.333. The van der Waals surface area contributed by atoms with E-state index in [1.807, 2.05) is 44.4 Å². The van der Waals surface area contributed by atoms with Crippen LogP contribution in [0.2, 0.25) is 0 Å². The minimum absolute atomic E-state index is 0.0629. The SMILES string of the molecule is CCn1cc(C(=O)N2CC[C@]3(C(=O)Nc4ccccc43)[C@@H]2c2cnn(C)c2)cn1. The Morgan fingerprint density at radius 2 is 2.07 bits per heavy atom. The van der Waals surface area contributed by atoms with E-state index in [9.17, 15) is 9.59 Å². The van der Waals surface area contributed by atoms with Gasteiger partial charge in [0.2, 0.25) is 5.91 Å². The number of nitrogens with one attached hydrogen (secondary N) is 1. The normalized spacial score (nSPS) is 22.9. The van der Waals surface area contributed by atoms with Gasteiger partial charge < -0.3 is 10.2 Å². The Hall–Kier alpha value is -3.42. The molecule has 2 aliphatic rings. The van der Waals surface area contributed by atoms with E-state index in [2.05, 4.69) is 15.5 Å². The number of fused-ring (bicyclic) bond motifs is 2. The predicted octanol–water partition coefficient (Wildman–Crippen LogP) is 2.11. The van der Waals surface area contributed by atoms with Crippen molar-refractivity contribution in [2.75, 3.05) is 11.9 Å². The molecular weight excluding hydrogens is 368 g/mol. The van der Waals surface area contributed by atoms with Gasteiger partial charge in [-0.15, -0.1) is 0 Å². The van der Waals surface area contributed by atoms with E-state index in [1.54, 1.807) is 32.9 Å². The number of aryl methyl sites for hydroxylation is 2. The lowest BCUT2D eigenvalue weighted by molar-refractivity contribution is -0.121. The highest BCUT2D eigenvalue weighted by molar-refractivity contribution is 6.08. The zero-order valence-corrected chi connectivity index (χ0v) is 16.4. The zero-order valence-electron chi connectivity index (χ0n) is 16.4. The van der Waals surface area contributed by atoms with E-state index >= 15 is 0 Å². The number of hydrogen-bond donors (Lipinski definition) is 1. The van der Waals surface area contributed by atoms with Gasteiger partial charge in [-0.3, -0.25) is 19.0 Å². The summed E-state index contributed by atoms with van der Waals surface area (Å²) in [5.41, 5.74) is 2.33. The maximum atomic E-state index is 13.4. The number of nitrogens with zero attached hydrogens (tertiary/aromatic N) is 5. The van der Waals surface area contributed by atoms with Gasteiger partial charge in [0.15, 0.2) is 0 Å². The topological polar surface area (TPSA) is 85.0 Å². The summed E-state index contributed by atoms with van der Waals surface area (Å²) in [4.78, 5) is 28.5. The molecule has 5 rings (SSSR count). The number of carbonyl (C=O) groups excluding carboxylic acids is 2. The fourth-order valence-corrected chi connectivity index (χ4v) is 4.76. The molecule has 4 heterocycles. The van der Waals surface area contributed by atoms with Gasteiger partial charge >= 0.3 is 0 Å². The van der Waals surface area contributed by atoms with Crippen LogP contribution in [0.5, 0.6) is 0 Å². The molecule has 2 amide bonds. The first-order valence-corrected chi connectivity index (χ1v) is 9.77. The highest BCUT2D eigenvalue weighted by Gasteiger charge is 2.59. The van der Waals surface area contributed by atoms with Crippen LogP contribution in [0.1, 0.15) is 40.9 Å². The average molecular weight is 390 g/mol.